The van der Waals surface area contributed by atoms with Gasteiger partial charge in [0.15, 0.2) is 5.12 Å². The van der Waals surface area contributed by atoms with Crippen molar-refractivity contribution in [2.75, 3.05) is 5.75 Å². The van der Waals surface area contributed by atoms with Gasteiger partial charge < -0.3 is 0 Å². The second-order valence-electron chi connectivity index (χ2n) is 2.67. The van der Waals surface area contributed by atoms with Crippen LogP contribution in [0.5, 0.6) is 0 Å². The van der Waals surface area contributed by atoms with Crippen molar-refractivity contribution in [1.29, 1.82) is 0 Å². The zero-order valence-corrected chi connectivity index (χ0v) is 9.10. The van der Waals surface area contributed by atoms with Crippen molar-refractivity contribution in [2.24, 2.45) is 0 Å². The summed E-state index contributed by atoms with van der Waals surface area (Å²) in [4.78, 5) is 10.6. The van der Waals surface area contributed by atoms with Crippen LogP contribution < -0.4 is 0 Å². The molecule has 0 bridgehead atoms. The molecular formula is C10H12N2OS. The fourth-order valence-electron chi connectivity index (χ4n) is 0.877. The molecule has 3 nitrogen and oxygen atoms in total. The van der Waals surface area contributed by atoms with E-state index in [0.29, 0.717) is 5.75 Å². The topological polar surface area (TPSA) is 34.9 Å². The number of aryl methyl sites for hydroxylation is 1. The molecule has 0 radical (unpaired) electrons. The number of aromatic nitrogens is 2. The molecule has 1 heterocycles. The maximum atomic E-state index is 10.6. The highest BCUT2D eigenvalue weighted by molar-refractivity contribution is 8.13. The van der Waals surface area contributed by atoms with Gasteiger partial charge in [0, 0.05) is 19.7 Å². The highest BCUT2D eigenvalue weighted by Gasteiger charge is 1.92. The number of thioether (sulfide) groups is 1. The Bertz CT molecular complexity index is 373. The first kappa shape index (κ1) is 10.9. The number of hydrogen-bond donors (Lipinski definition) is 0. The Morgan fingerprint density at radius 3 is 3.07 bits per heavy atom. The maximum Gasteiger partial charge on any atom is 0.186 e. The van der Waals surface area contributed by atoms with E-state index in [1.54, 1.807) is 13.1 Å². The van der Waals surface area contributed by atoms with E-state index >= 15 is 0 Å². The van der Waals surface area contributed by atoms with E-state index in [0.717, 1.165) is 12.1 Å². The maximum absolute atomic E-state index is 10.6. The minimum atomic E-state index is 0.101. The Balaban J connectivity index is 2.46. The van der Waals surface area contributed by atoms with Gasteiger partial charge in [-0.2, -0.15) is 5.10 Å². The molecule has 0 amide bonds. The smallest absolute Gasteiger partial charge is 0.186 e. The van der Waals surface area contributed by atoms with Crippen molar-refractivity contribution in [3.05, 3.63) is 18.0 Å². The number of nitrogens with zero attached hydrogens (tertiary/aromatic N) is 2. The standard InChI is InChI=1S/C10H12N2OS/c1-3-12-8-10(7-11-12)5-4-6-14-9(2)13/h7-8H,3,6H2,1-2H3. The van der Waals surface area contributed by atoms with E-state index in [4.69, 9.17) is 0 Å². The van der Waals surface area contributed by atoms with Crippen LogP contribution in [0.4, 0.5) is 0 Å². The lowest BCUT2D eigenvalue weighted by molar-refractivity contribution is -0.109. The van der Waals surface area contributed by atoms with Gasteiger partial charge in [-0.3, -0.25) is 9.48 Å². The van der Waals surface area contributed by atoms with Gasteiger partial charge in [0.05, 0.1) is 17.5 Å². The normalized spacial score (nSPS) is 9.29. The zero-order valence-electron chi connectivity index (χ0n) is 8.28. The van der Waals surface area contributed by atoms with E-state index in [1.165, 1.54) is 11.8 Å². The van der Waals surface area contributed by atoms with Gasteiger partial charge in [-0.15, -0.1) is 0 Å². The predicted molar refractivity (Wildman–Crippen MR) is 57.9 cm³/mol. The third kappa shape index (κ3) is 3.67. The van der Waals surface area contributed by atoms with E-state index in [1.807, 2.05) is 17.8 Å². The van der Waals surface area contributed by atoms with Gasteiger partial charge in [0.25, 0.3) is 0 Å². The molecule has 0 aliphatic rings. The molecule has 0 N–H and O–H groups in total. The molecule has 1 rings (SSSR count). The van der Waals surface area contributed by atoms with Crippen LogP contribution in [0.1, 0.15) is 19.4 Å². The van der Waals surface area contributed by atoms with E-state index in [9.17, 15) is 4.79 Å². The summed E-state index contributed by atoms with van der Waals surface area (Å²) in [6.45, 7) is 4.42. The van der Waals surface area contributed by atoms with Crippen LogP contribution in [0, 0.1) is 11.8 Å². The molecule has 0 saturated heterocycles. The summed E-state index contributed by atoms with van der Waals surface area (Å²) in [7, 11) is 0. The molecule has 0 fully saturated rings. The summed E-state index contributed by atoms with van der Waals surface area (Å²) < 4.78 is 1.82. The van der Waals surface area contributed by atoms with Gasteiger partial charge in [-0.1, -0.05) is 23.6 Å². The molecule has 0 aromatic carbocycles. The predicted octanol–water partition coefficient (Wildman–Crippen LogP) is 1.53. The van der Waals surface area contributed by atoms with Crippen molar-refractivity contribution in [3.8, 4) is 11.8 Å². The minimum absolute atomic E-state index is 0.101. The van der Waals surface area contributed by atoms with Crippen molar-refractivity contribution in [1.82, 2.24) is 9.78 Å². The minimum Gasteiger partial charge on any atom is -0.288 e. The van der Waals surface area contributed by atoms with E-state index < -0.39 is 0 Å². The van der Waals surface area contributed by atoms with Crippen molar-refractivity contribution < 1.29 is 4.79 Å². The van der Waals surface area contributed by atoms with Crippen LogP contribution in [0.2, 0.25) is 0 Å². The van der Waals surface area contributed by atoms with Crippen LogP contribution in [0.15, 0.2) is 12.4 Å². The van der Waals surface area contributed by atoms with Crippen LogP contribution >= 0.6 is 11.8 Å². The summed E-state index contributed by atoms with van der Waals surface area (Å²) in [6, 6.07) is 0. The van der Waals surface area contributed by atoms with Crippen molar-refractivity contribution in [2.45, 2.75) is 20.4 Å². The molecule has 0 atom stereocenters. The number of carbonyl (C=O) groups is 1. The lowest BCUT2D eigenvalue weighted by Crippen LogP contribution is -1.91. The largest absolute Gasteiger partial charge is 0.288 e. The average Bonchev–Trinajstić information content (AvgIpc) is 2.60. The van der Waals surface area contributed by atoms with Crippen LogP contribution in [0.25, 0.3) is 0 Å². The first-order chi connectivity index (χ1) is 6.72. The Morgan fingerprint density at radius 2 is 2.50 bits per heavy atom. The molecule has 1 aromatic heterocycles. The van der Waals surface area contributed by atoms with Crippen molar-refractivity contribution >= 4 is 16.9 Å². The van der Waals surface area contributed by atoms with E-state index in [2.05, 4.69) is 16.9 Å². The van der Waals surface area contributed by atoms with Crippen molar-refractivity contribution in [3.63, 3.8) is 0 Å². The van der Waals surface area contributed by atoms with Gasteiger partial charge >= 0.3 is 0 Å². The van der Waals surface area contributed by atoms with Crippen LogP contribution in [-0.2, 0) is 11.3 Å². The summed E-state index contributed by atoms with van der Waals surface area (Å²) in [5.41, 5.74) is 0.899. The highest BCUT2D eigenvalue weighted by Crippen LogP contribution is 1.99. The van der Waals surface area contributed by atoms with Gasteiger partial charge in [-0.05, 0) is 6.92 Å². The number of hydrogen-bond acceptors (Lipinski definition) is 3. The Hall–Kier alpha value is -1.21. The lowest BCUT2D eigenvalue weighted by Gasteiger charge is -1.88. The second-order valence-corrected chi connectivity index (χ2v) is 3.82. The first-order valence-electron chi connectivity index (χ1n) is 4.37. The average molecular weight is 208 g/mol. The molecule has 0 aliphatic heterocycles. The summed E-state index contributed by atoms with van der Waals surface area (Å²) in [6.07, 6.45) is 3.63. The zero-order chi connectivity index (χ0) is 10.4. The summed E-state index contributed by atoms with van der Waals surface area (Å²) in [5, 5.41) is 4.19. The third-order valence-corrected chi connectivity index (χ3v) is 2.23. The molecule has 4 heteroatoms. The highest BCUT2D eigenvalue weighted by atomic mass is 32.2. The number of carbonyl (C=O) groups excluding carboxylic acids is 1. The lowest BCUT2D eigenvalue weighted by atomic mass is 10.4. The fourth-order valence-corrected chi connectivity index (χ4v) is 1.22. The molecule has 0 aliphatic carbocycles. The quantitative estimate of drug-likeness (QED) is 0.691. The SMILES string of the molecule is CCn1cc(C#CCSC(C)=O)cn1. The molecule has 1 aromatic rings. The third-order valence-electron chi connectivity index (χ3n) is 1.54. The van der Waals surface area contributed by atoms with Gasteiger partial charge in [0.2, 0.25) is 0 Å². The number of rotatable bonds is 2. The molecule has 0 unspecified atom stereocenters. The monoisotopic (exact) mass is 208 g/mol. The van der Waals surface area contributed by atoms with Crippen LogP contribution in [-0.4, -0.2) is 20.6 Å². The Morgan fingerprint density at radius 1 is 1.71 bits per heavy atom. The molecule has 0 spiro atoms. The molecule has 14 heavy (non-hydrogen) atoms. The fraction of sp³-hybridized carbons (Fsp3) is 0.400. The van der Waals surface area contributed by atoms with Gasteiger partial charge in [-0.25, -0.2) is 0 Å². The first-order valence-corrected chi connectivity index (χ1v) is 5.35. The van der Waals surface area contributed by atoms with E-state index in [-0.39, 0.29) is 5.12 Å². The Kier molecular flexibility index (Phi) is 4.27. The molecule has 0 saturated carbocycles. The second kappa shape index (κ2) is 5.51. The van der Waals surface area contributed by atoms with Crippen LogP contribution in [0.3, 0.4) is 0 Å². The molecular weight excluding hydrogens is 196 g/mol. The molecule has 74 valence electrons. The summed E-state index contributed by atoms with van der Waals surface area (Å²) in [5.74, 6) is 6.41. The Labute approximate surface area is 87.9 Å². The van der Waals surface area contributed by atoms with Gasteiger partial charge in [0.1, 0.15) is 0 Å². The summed E-state index contributed by atoms with van der Waals surface area (Å²) >= 11 is 1.22.